The molecule has 3 N–H and O–H groups in total. The lowest BCUT2D eigenvalue weighted by Crippen LogP contribution is -2.02. The summed E-state index contributed by atoms with van der Waals surface area (Å²) < 4.78 is 4.41. The highest BCUT2D eigenvalue weighted by molar-refractivity contribution is 5.93. The van der Waals surface area contributed by atoms with Gasteiger partial charge in [-0.1, -0.05) is 0 Å². The Morgan fingerprint density at radius 1 is 1.33 bits per heavy atom. The van der Waals surface area contributed by atoms with Crippen LogP contribution in [-0.2, 0) is 11.2 Å². The van der Waals surface area contributed by atoms with E-state index in [1.807, 2.05) is 0 Å². The van der Waals surface area contributed by atoms with Crippen LogP contribution in [0.1, 0.15) is 15.9 Å². The number of hydrogen-bond acceptors (Lipinski definition) is 5. The third-order valence-corrected chi connectivity index (χ3v) is 1.98. The first-order valence-corrected chi connectivity index (χ1v) is 4.34. The van der Waals surface area contributed by atoms with Crippen LogP contribution in [0.5, 0.6) is 11.5 Å². The molecule has 0 aliphatic carbocycles. The average molecular weight is 212 g/mol. The van der Waals surface area contributed by atoms with Crippen LogP contribution in [0.3, 0.4) is 0 Å². The van der Waals surface area contributed by atoms with E-state index < -0.39 is 5.97 Å². The largest absolute Gasteiger partial charge is 0.508 e. The first kappa shape index (κ1) is 11.3. The minimum Gasteiger partial charge on any atom is -0.508 e. The van der Waals surface area contributed by atoms with Crippen molar-refractivity contribution in [3.8, 4) is 11.5 Å². The van der Waals surface area contributed by atoms with Crippen LogP contribution in [0.4, 0.5) is 0 Å². The third-order valence-electron chi connectivity index (χ3n) is 1.98. The van der Waals surface area contributed by atoms with Crippen LogP contribution in [0, 0.1) is 0 Å². The molecule has 0 amide bonds. The second-order valence-corrected chi connectivity index (χ2v) is 2.96. The molecule has 0 atom stereocenters. The predicted octanol–water partition coefficient (Wildman–Crippen LogP) is 0.419. The number of phenolic OH excluding ortho intramolecular Hbond substituents is 2. The maximum absolute atomic E-state index is 11.1. The fraction of sp³-hybridized carbons (Fsp3) is 0.300. The monoisotopic (exact) mass is 212 g/mol. The molecule has 0 aliphatic heterocycles. The minimum absolute atomic E-state index is 0.100. The molecule has 82 valence electrons. The van der Waals surface area contributed by atoms with E-state index in [-0.39, 0.29) is 30.1 Å². The van der Waals surface area contributed by atoms with E-state index >= 15 is 0 Å². The third kappa shape index (κ3) is 2.38. The standard InChI is InChI=1S/C10H12O5/c1-15-10(14)7-5-8(12)6(2-3-11)4-9(7)13/h4-5,11-13H,2-3H2,1H3. The number of esters is 1. The Balaban J connectivity index is 3.13. The summed E-state index contributed by atoms with van der Waals surface area (Å²) in [5.41, 5.74) is 0.277. The van der Waals surface area contributed by atoms with E-state index in [4.69, 9.17) is 5.11 Å². The number of carbonyl (C=O) groups is 1. The SMILES string of the molecule is COC(=O)c1cc(O)c(CCO)cc1O. The van der Waals surface area contributed by atoms with Crippen molar-refractivity contribution in [3.63, 3.8) is 0 Å². The van der Waals surface area contributed by atoms with Gasteiger partial charge in [-0.2, -0.15) is 0 Å². The number of aliphatic hydroxyl groups is 1. The Kier molecular flexibility index (Phi) is 3.51. The van der Waals surface area contributed by atoms with Gasteiger partial charge >= 0.3 is 5.97 Å². The van der Waals surface area contributed by atoms with Crippen molar-refractivity contribution >= 4 is 5.97 Å². The van der Waals surface area contributed by atoms with Gasteiger partial charge in [0.1, 0.15) is 17.1 Å². The number of methoxy groups -OCH3 is 1. The molecule has 0 bridgehead atoms. The van der Waals surface area contributed by atoms with Gasteiger partial charge in [0.05, 0.1) is 7.11 Å². The molecule has 0 spiro atoms. The van der Waals surface area contributed by atoms with Crippen molar-refractivity contribution in [3.05, 3.63) is 23.3 Å². The van der Waals surface area contributed by atoms with Crippen LogP contribution in [0.25, 0.3) is 0 Å². The Bertz CT molecular complexity index is 372. The van der Waals surface area contributed by atoms with Crippen molar-refractivity contribution in [1.29, 1.82) is 0 Å². The fourth-order valence-corrected chi connectivity index (χ4v) is 1.21. The number of benzene rings is 1. The zero-order valence-corrected chi connectivity index (χ0v) is 8.23. The molecule has 0 saturated heterocycles. The molecule has 1 aromatic carbocycles. The summed E-state index contributed by atoms with van der Waals surface area (Å²) in [5.74, 6) is -1.15. The zero-order chi connectivity index (χ0) is 11.4. The van der Waals surface area contributed by atoms with Crippen LogP contribution < -0.4 is 0 Å². The zero-order valence-electron chi connectivity index (χ0n) is 8.23. The number of aromatic hydroxyl groups is 2. The fourth-order valence-electron chi connectivity index (χ4n) is 1.21. The normalized spacial score (nSPS) is 10.0. The van der Waals surface area contributed by atoms with E-state index in [1.54, 1.807) is 0 Å². The molecular formula is C10H12O5. The molecule has 5 nitrogen and oxygen atoms in total. The second-order valence-electron chi connectivity index (χ2n) is 2.96. The van der Waals surface area contributed by atoms with E-state index in [0.29, 0.717) is 5.56 Å². The molecule has 0 unspecified atom stereocenters. The summed E-state index contributed by atoms with van der Waals surface area (Å²) in [5, 5.41) is 27.6. The lowest BCUT2D eigenvalue weighted by Gasteiger charge is -2.07. The van der Waals surface area contributed by atoms with Crippen molar-refractivity contribution in [1.82, 2.24) is 0 Å². The van der Waals surface area contributed by atoms with Gasteiger partial charge in [0.25, 0.3) is 0 Å². The molecule has 0 aromatic heterocycles. The summed E-state index contributed by atoms with van der Waals surface area (Å²) >= 11 is 0. The summed E-state index contributed by atoms with van der Waals surface area (Å²) in [4.78, 5) is 11.1. The highest BCUT2D eigenvalue weighted by Crippen LogP contribution is 2.27. The molecule has 1 rings (SSSR count). The molecule has 0 heterocycles. The van der Waals surface area contributed by atoms with Crippen LogP contribution in [-0.4, -0.2) is 35.0 Å². The molecule has 5 heteroatoms. The number of rotatable bonds is 3. The predicted molar refractivity (Wildman–Crippen MR) is 51.9 cm³/mol. The van der Waals surface area contributed by atoms with Crippen LogP contribution >= 0.6 is 0 Å². The molecule has 0 radical (unpaired) electrons. The first-order chi connectivity index (χ1) is 7.10. The summed E-state index contributed by atoms with van der Waals surface area (Å²) in [6, 6.07) is 2.35. The van der Waals surface area contributed by atoms with Gasteiger partial charge in [0, 0.05) is 6.61 Å². The number of ether oxygens (including phenoxy) is 1. The summed E-state index contributed by atoms with van der Waals surface area (Å²) in [7, 11) is 1.18. The van der Waals surface area contributed by atoms with Gasteiger partial charge in [0.15, 0.2) is 0 Å². The quantitative estimate of drug-likeness (QED) is 0.499. The Labute approximate surface area is 86.5 Å². The van der Waals surface area contributed by atoms with Crippen LogP contribution in [0.2, 0.25) is 0 Å². The second kappa shape index (κ2) is 4.65. The van der Waals surface area contributed by atoms with E-state index in [1.165, 1.54) is 13.2 Å². The Morgan fingerprint density at radius 2 is 2.00 bits per heavy atom. The molecule has 0 aliphatic rings. The van der Waals surface area contributed by atoms with Gasteiger partial charge in [-0.15, -0.1) is 0 Å². The molecule has 0 saturated carbocycles. The van der Waals surface area contributed by atoms with Crippen molar-refractivity contribution in [2.75, 3.05) is 13.7 Å². The lowest BCUT2D eigenvalue weighted by molar-refractivity contribution is 0.0597. The van der Waals surface area contributed by atoms with Gasteiger partial charge in [-0.25, -0.2) is 4.79 Å². The van der Waals surface area contributed by atoms with E-state index in [2.05, 4.69) is 4.74 Å². The molecular weight excluding hydrogens is 200 g/mol. The van der Waals surface area contributed by atoms with Gasteiger partial charge < -0.3 is 20.1 Å². The van der Waals surface area contributed by atoms with Crippen molar-refractivity contribution < 1.29 is 24.9 Å². The summed E-state index contributed by atoms with van der Waals surface area (Å²) in [6.45, 7) is -0.148. The Morgan fingerprint density at radius 3 is 2.53 bits per heavy atom. The lowest BCUT2D eigenvalue weighted by atomic mass is 10.1. The van der Waals surface area contributed by atoms with Gasteiger partial charge in [-0.05, 0) is 24.1 Å². The average Bonchev–Trinajstić information content (AvgIpc) is 2.22. The van der Waals surface area contributed by atoms with Crippen molar-refractivity contribution in [2.45, 2.75) is 6.42 Å². The minimum atomic E-state index is -0.724. The number of hydrogen-bond donors (Lipinski definition) is 3. The van der Waals surface area contributed by atoms with E-state index in [0.717, 1.165) is 6.07 Å². The smallest absolute Gasteiger partial charge is 0.341 e. The Hall–Kier alpha value is -1.75. The van der Waals surface area contributed by atoms with Gasteiger partial charge in [0.2, 0.25) is 0 Å². The first-order valence-electron chi connectivity index (χ1n) is 4.34. The molecule has 0 fully saturated rings. The highest BCUT2D eigenvalue weighted by Gasteiger charge is 2.15. The number of carbonyl (C=O) groups excluding carboxylic acids is 1. The molecule has 15 heavy (non-hydrogen) atoms. The topological polar surface area (TPSA) is 87.0 Å². The summed E-state index contributed by atoms with van der Waals surface area (Å²) in [6.07, 6.45) is 0.209. The number of phenols is 2. The van der Waals surface area contributed by atoms with Gasteiger partial charge in [-0.3, -0.25) is 0 Å². The van der Waals surface area contributed by atoms with Crippen LogP contribution in [0.15, 0.2) is 12.1 Å². The maximum Gasteiger partial charge on any atom is 0.341 e. The number of aliphatic hydroxyl groups excluding tert-OH is 1. The highest BCUT2D eigenvalue weighted by atomic mass is 16.5. The maximum atomic E-state index is 11.1. The molecule has 1 aromatic rings. The van der Waals surface area contributed by atoms with E-state index in [9.17, 15) is 15.0 Å². The van der Waals surface area contributed by atoms with Crippen molar-refractivity contribution in [2.24, 2.45) is 0 Å².